The molecule has 2 N–H and O–H groups in total. The molecule has 2 aliphatic rings. The third-order valence-corrected chi connectivity index (χ3v) is 5.94. The summed E-state index contributed by atoms with van der Waals surface area (Å²) in [6.45, 7) is -0.821. The first kappa shape index (κ1) is 22.6. The summed E-state index contributed by atoms with van der Waals surface area (Å²) in [5.41, 5.74) is -0.452. The molecule has 0 bridgehead atoms. The van der Waals surface area contributed by atoms with Crippen LogP contribution in [0.15, 0.2) is 30.5 Å². The second-order valence-corrected chi connectivity index (χ2v) is 8.56. The molecular formula is C20H15ClF6N6O. The average Bonchev–Trinajstić information content (AvgIpc) is 3.06. The number of fused-ring (bicyclic) bond motifs is 1. The van der Waals surface area contributed by atoms with Crippen molar-refractivity contribution in [2.75, 3.05) is 16.8 Å². The van der Waals surface area contributed by atoms with Crippen molar-refractivity contribution in [1.82, 2.24) is 19.9 Å². The number of hydrogen-bond donors (Lipinski definition) is 2. The lowest BCUT2D eigenvalue weighted by molar-refractivity contribution is 0.0221. The summed E-state index contributed by atoms with van der Waals surface area (Å²) in [6.07, 6.45) is 0.0625. The maximum atomic E-state index is 14.4. The number of nitrogens with zero attached hydrogens (tertiary/aromatic N) is 4. The molecule has 1 aliphatic carbocycles. The molecule has 34 heavy (non-hydrogen) atoms. The van der Waals surface area contributed by atoms with Crippen molar-refractivity contribution in [1.29, 1.82) is 0 Å². The maximum Gasteiger partial charge on any atom is 0.319 e. The van der Waals surface area contributed by atoms with E-state index in [9.17, 15) is 31.1 Å². The SMILES string of the molecule is O=C(Nc1c(Cl)nn2ccc(N3CC(F)(F)C[C@@H]3c3cc(F)ccc3F)nc12)NC1CC1(F)F. The van der Waals surface area contributed by atoms with Gasteiger partial charge in [-0.15, -0.1) is 0 Å². The predicted molar refractivity (Wildman–Crippen MR) is 110 cm³/mol. The number of urea groups is 1. The van der Waals surface area contributed by atoms with E-state index in [1.54, 1.807) is 0 Å². The predicted octanol–water partition coefficient (Wildman–Crippen LogP) is 4.78. The standard InChI is InChI=1S/C20H15ClF6N6O/c21-16-15(30-18(34)28-13-7-20(13,26)27)17-29-14(3-4-33(17)31-16)32-8-19(24,25)6-12(32)10-5-9(22)1-2-11(10)23/h1-5,12-13H,6-8H2,(H2,28,30,34)/t12-,13?/m1/s1. The molecule has 1 saturated carbocycles. The van der Waals surface area contributed by atoms with Gasteiger partial charge >= 0.3 is 6.03 Å². The highest BCUT2D eigenvalue weighted by Gasteiger charge is 2.58. The summed E-state index contributed by atoms with van der Waals surface area (Å²) in [5, 5.41) is 8.10. The Balaban J connectivity index is 1.48. The average molecular weight is 505 g/mol. The molecule has 0 radical (unpaired) electrons. The summed E-state index contributed by atoms with van der Waals surface area (Å²) < 4.78 is 84.1. The Morgan fingerprint density at radius 1 is 1.15 bits per heavy atom. The minimum absolute atomic E-state index is 0.0351. The van der Waals surface area contributed by atoms with Crippen LogP contribution in [0.1, 0.15) is 24.4 Å². The minimum atomic E-state index is -3.22. The zero-order valence-corrected chi connectivity index (χ0v) is 17.8. The molecule has 0 spiro atoms. The van der Waals surface area contributed by atoms with Gasteiger partial charge < -0.3 is 15.5 Å². The number of aromatic nitrogens is 3. The lowest BCUT2D eigenvalue weighted by atomic mass is 10.0. The van der Waals surface area contributed by atoms with Gasteiger partial charge in [-0.2, -0.15) is 5.10 Å². The number of halogens is 7. The van der Waals surface area contributed by atoms with Gasteiger partial charge in [0.2, 0.25) is 0 Å². The summed E-state index contributed by atoms with van der Waals surface area (Å²) in [4.78, 5) is 17.5. The topological polar surface area (TPSA) is 74.6 Å². The van der Waals surface area contributed by atoms with E-state index < -0.39 is 61.0 Å². The first-order chi connectivity index (χ1) is 15.9. The zero-order chi connectivity index (χ0) is 24.4. The molecule has 1 aromatic carbocycles. The molecule has 7 nitrogen and oxygen atoms in total. The highest BCUT2D eigenvalue weighted by molar-refractivity contribution is 6.33. The van der Waals surface area contributed by atoms with Crippen molar-refractivity contribution in [3.8, 4) is 0 Å². The summed E-state index contributed by atoms with van der Waals surface area (Å²) >= 11 is 6.05. The van der Waals surface area contributed by atoms with E-state index >= 15 is 0 Å². The van der Waals surface area contributed by atoms with Crippen LogP contribution >= 0.6 is 11.6 Å². The van der Waals surface area contributed by atoms with Gasteiger partial charge in [0, 0.05) is 24.6 Å². The lowest BCUT2D eigenvalue weighted by Crippen LogP contribution is -2.33. The second kappa shape index (κ2) is 7.65. The van der Waals surface area contributed by atoms with Gasteiger partial charge in [-0.05, 0) is 24.3 Å². The number of alkyl halides is 4. The number of carbonyl (C=O) groups is 1. The molecule has 180 valence electrons. The van der Waals surface area contributed by atoms with Crippen LogP contribution in [-0.2, 0) is 0 Å². The maximum absolute atomic E-state index is 14.4. The first-order valence-electron chi connectivity index (χ1n) is 10.0. The Bertz CT molecular complexity index is 1300. The van der Waals surface area contributed by atoms with E-state index in [-0.39, 0.29) is 27.9 Å². The molecule has 1 unspecified atom stereocenters. The smallest absolute Gasteiger partial charge is 0.319 e. The summed E-state index contributed by atoms with van der Waals surface area (Å²) in [7, 11) is 0. The van der Waals surface area contributed by atoms with Gasteiger partial charge in [0.15, 0.2) is 10.8 Å². The van der Waals surface area contributed by atoms with E-state index in [0.717, 1.165) is 27.6 Å². The van der Waals surface area contributed by atoms with Gasteiger partial charge in [-0.1, -0.05) is 11.6 Å². The van der Waals surface area contributed by atoms with E-state index in [1.165, 1.54) is 12.3 Å². The van der Waals surface area contributed by atoms with E-state index in [4.69, 9.17) is 11.6 Å². The van der Waals surface area contributed by atoms with Crippen LogP contribution in [0.5, 0.6) is 0 Å². The van der Waals surface area contributed by atoms with Crippen molar-refractivity contribution in [3.63, 3.8) is 0 Å². The quantitative estimate of drug-likeness (QED) is 0.502. The molecule has 3 aromatic rings. The summed E-state index contributed by atoms with van der Waals surface area (Å²) in [5.74, 6) is -7.87. The fourth-order valence-electron chi connectivity index (χ4n) is 3.94. The third kappa shape index (κ3) is 4.08. The highest BCUT2D eigenvalue weighted by atomic mass is 35.5. The van der Waals surface area contributed by atoms with Crippen molar-refractivity contribution in [2.45, 2.75) is 36.8 Å². The lowest BCUT2D eigenvalue weighted by Gasteiger charge is -2.25. The number of anilines is 2. The molecular weight excluding hydrogens is 490 g/mol. The number of rotatable bonds is 4. The van der Waals surface area contributed by atoms with Crippen molar-refractivity contribution >= 4 is 34.8 Å². The monoisotopic (exact) mass is 504 g/mol. The minimum Gasteiger partial charge on any atom is -0.343 e. The normalized spacial score (nSPS) is 22.7. The van der Waals surface area contributed by atoms with Crippen molar-refractivity contribution in [3.05, 3.63) is 52.8 Å². The number of benzene rings is 1. The highest BCUT2D eigenvalue weighted by Crippen LogP contribution is 2.44. The molecule has 14 heteroatoms. The van der Waals surface area contributed by atoms with Crippen molar-refractivity contribution < 1.29 is 31.1 Å². The second-order valence-electron chi connectivity index (χ2n) is 8.21. The van der Waals surface area contributed by atoms with Gasteiger partial charge in [-0.3, -0.25) is 0 Å². The molecule has 2 atom stereocenters. The molecule has 3 heterocycles. The van der Waals surface area contributed by atoms with Gasteiger partial charge in [0.25, 0.3) is 11.8 Å². The van der Waals surface area contributed by atoms with Gasteiger partial charge in [0.1, 0.15) is 29.2 Å². The Morgan fingerprint density at radius 2 is 1.88 bits per heavy atom. The fraction of sp³-hybridized carbons (Fsp3) is 0.350. The van der Waals surface area contributed by atoms with E-state index in [1.807, 2.05) is 0 Å². The van der Waals surface area contributed by atoms with Crippen LogP contribution in [0.2, 0.25) is 5.15 Å². The van der Waals surface area contributed by atoms with Crippen LogP contribution in [-0.4, -0.2) is 45.1 Å². The Morgan fingerprint density at radius 3 is 2.59 bits per heavy atom. The largest absolute Gasteiger partial charge is 0.343 e. The Labute approximate surface area is 192 Å². The van der Waals surface area contributed by atoms with Crippen LogP contribution in [0.25, 0.3) is 5.65 Å². The molecule has 1 saturated heterocycles. The van der Waals surface area contributed by atoms with Crippen LogP contribution in [0.4, 0.5) is 42.6 Å². The van der Waals surface area contributed by atoms with Gasteiger partial charge in [-0.25, -0.2) is 40.6 Å². The van der Waals surface area contributed by atoms with Crippen LogP contribution in [0, 0.1) is 11.6 Å². The molecule has 2 aromatic heterocycles. The molecule has 5 rings (SSSR count). The number of nitrogens with one attached hydrogen (secondary N) is 2. The Hall–Kier alpha value is -3.22. The van der Waals surface area contributed by atoms with Crippen LogP contribution < -0.4 is 15.5 Å². The molecule has 2 amide bonds. The summed E-state index contributed by atoms with van der Waals surface area (Å²) in [6, 6.07) is 0.413. The third-order valence-electron chi connectivity index (χ3n) is 5.68. The van der Waals surface area contributed by atoms with Crippen molar-refractivity contribution in [2.24, 2.45) is 0 Å². The zero-order valence-electron chi connectivity index (χ0n) is 17.0. The number of carbonyl (C=O) groups excluding carboxylic acids is 1. The number of hydrogen-bond acceptors (Lipinski definition) is 4. The van der Waals surface area contributed by atoms with Gasteiger partial charge in [0.05, 0.1) is 12.6 Å². The molecule has 2 fully saturated rings. The first-order valence-corrected chi connectivity index (χ1v) is 10.4. The van der Waals surface area contributed by atoms with Crippen LogP contribution in [0.3, 0.4) is 0 Å². The number of amides is 2. The molecule has 1 aliphatic heterocycles. The fourth-order valence-corrected chi connectivity index (χ4v) is 4.16. The Kier molecular flexibility index (Phi) is 5.08. The van der Waals surface area contributed by atoms with E-state index in [0.29, 0.717) is 0 Å². The van der Waals surface area contributed by atoms with E-state index in [2.05, 4.69) is 20.7 Å².